The summed E-state index contributed by atoms with van der Waals surface area (Å²) in [4.78, 5) is 38.7. The lowest BCUT2D eigenvalue weighted by Gasteiger charge is -2.28. The maximum absolute atomic E-state index is 13.4. The maximum Gasteiger partial charge on any atom is 0.326 e. The van der Waals surface area contributed by atoms with E-state index in [9.17, 15) is 14.4 Å². The van der Waals surface area contributed by atoms with E-state index >= 15 is 0 Å². The molecule has 28 heavy (non-hydrogen) atoms. The fraction of sp³-hybridized carbons (Fsp3) is 0.250. The second kappa shape index (κ2) is 7.59. The van der Waals surface area contributed by atoms with E-state index in [-0.39, 0.29) is 6.54 Å². The Balaban J connectivity index is 2.12. The lowest BCUT2D eigenvalue weighted by Crippen LogP contribution is -2.46. The largest absolute Gasteiger partial charge is 0.497 e. The summed E-state index contributed by atoms with van der Waals surface area (Å²) in [5, 5.41) is 5.20. The summed E-state index contributed by atoms with van der Waals surface area (Å²) in [6, 6.07) is 13.1. The molecule has 1 saturated heterocycles. The van der Waals surface area contributed by atoms with Crippen molar-refractivity contribution in [1.82, 2.24) is 15.5 Å². The van der Waals surface area contributed by atoms with E-state index in [0.717, 1.165) is 4.90 Å². The zero-order valence-corrected chi connectivity index (χ0v) is 15.8. The standard InChI is InChI=1S/C20H21N3O5/c1-21-17(24)12-23-18(25)20(22-19(23)26,13-4-8-15(27-2)9-5-13)14-6-10-16(28-3)11-7-14/h4-11H,12H2,1-3H3,(H,21,24)(H,22,26). The Morgan fingerprint density at radius 2 is 1.43 bits per heavy atom. The molecule has 0 bridgehead atoms. The van der Waals surface area contributed by atoms with Gasteiger partial charge in [-0.1, -0.05) is 24.3 Å². The molecule has 2 aromatic rings. The van der Waals surface area contributed by atoms with Crippen LogP contribution < -0.4 is 20.1 Å². The molecule has 1 heterocycles. The van der Waals surface area contributed by atoms with Crippen LogP contribution in [0.5, 0.6) is 11.5 Å². The van der Waals surface area contributed by atoms with Crippen molar-refractivity contribution in [2.24, 2.45) is 0 Å². The highest BCUT2D eigenvalue weighted by molar-refractivity contribution is 6.11. The van der Waals surface area contributed by atoms with Crippen LogP contribution >= 0.6 is 0 Å². The molecule has 2 aromatic carbocycles. The molecule has 4 amide bonds. The third-order valence-electron chi connectivity index (χ3n) is 4.73. The Morgan fingerprint density at radius 3 is 1.82 bits per heavy atom. The van der Waals surface area contributed by atoms with Gasteiger partial charge in [0, 0.05) is 7.05 Å². The van der Waals surface area contributed by atoms with Crippen molar-refractivity contribution in [1.29, 1.82) is 0 Å². The molecular formula is C20H21N3O5. The van der Waals surface area contributed by atoms with Crippen LogP contribution in [-0.4, -0.2) is 50.6 Å². The Morgan fingerprint density at radius 1 is 0.964 bits per heavy atom. The number of rotatable bonds is 6. The van der Waals surface area contributed by atoms with Gasteiger partial charge in [0.05, 0.1) is 14.2 Å². The molecule has 0 aromatic heterocycles. The Bertz CT molecular complexity index is 846. The van der Waals surface area contributed by atoms with E-state index in [4.69, 9.17) is 9.47 Å². The van der Waals surface area contributed by atoms with E-state index in [1.54, 1.807) is 62.8 Å². The third-order valence-corrected chi connectivity index (χ3v) is 4.73. The molecular weight excluding hydrogens is 362 g/mol. The maximum atomic E-state index is 13.4. The van der Waals surface area contributed by atoms with Crippen LogP contribution in [0.25, 0.3) is 0 Å². The predicted molar refractivity (Wildman–Crippen MR) is 101 cm³/mol. The van der Waals surface area contributed by atoms with Crippen molar-refractivity contribution in [3.8, 4) is 11.5 Å². The molecule has 0 atom stereocenters. The zero-order chi connectivity index (χ0) is 20.3. The van der Waals surface area contributed by atoms with Gasteiger partial charge in [0.1, 0.15) is 18.0 Å². The Labute approximate surface area is 162 Å². The quantitative estimate of drug-likeness (QED) is 0.732. The van der Waals surface area contributed by atoms with Crippen molar-refractivity contribution in [2.45, 2.75) is 5.54 Å². The molecule has 146 valence electrons. The molecule has 1 fully saturated rings. The molecule has 0 spiro atoms. The van der Waals surface area contributed by atoms with Gasteiger partial charge in [0.15, 0.2) is 5.54 Å². The first-order valence-electron chi connectivity index (χ1n) is 8.60. The number of carbonyl (C=O) groups excluding carboxylic acids is 3. The Kier molecular flexibility index (Phi) is 5.21. The van der Waals surface area contributed by atoms with Crippen molar-refractivity contribution < 1.29 is 23.9 Å². The average Bonchev–Trinajstić information content (AvgIpc) is 2.99. The van der Waals surface area contributed by atoms with Crippen LogP contribution in [-0.2, 0) is 15.1 Å². The number of urea groups is 1. The van der Waals surface area contributed by atoms with Crippen molar-refractivity contribution in [3.05, 3.63) is 59.7 Å². The van der Waals surface area contributed by atoms with Crippen molar-refractivity contribution in [2.75, 3.05) is 27.8 Å². The molecule has 2 N–H and O–H groups in total. The smallest absolute Gasteiger partial charge is 0.326 e. The highest BCUT2D eigenvalue weighted by atomic mass is 16.5. The van der Waals surface area contributed by atoms with E-state index in [0.29, 0.717) is 22.6 Å². The predicted octanol–water partition coefficient (Wildman–Crippen LogP) is 1.25. The summed E-state index contributed by atoms with van der Waals surface area (Å²) in [5.41, 5.74) is -0.351. The minimum absolute atomic E-state index is 0.366. The number of likely N-dealkylation sites (N-methyl/N-ethyl adjacent to an activating group) is 1. The van der Waals surface area contributed by atoms with Crippen LogP contribution in [0.4, 0.5) is 4.79 Å². The van der Waals surface area contributed by atoms with Crippen LogP contribution in [0, 0.1) is 0 Å². The molecule has 0 radical (unpaired) electrons. The molecule has 1 aliphatic heterocycles. The first kappa shape index (κ1) is 19.2. The van der Waals surface area contributed by atoms with E-state index in [1.165, 1.54) is 7.05 Å². The fourth-order valence-electron chi connectivity index (χ4n) is 3.18. The number of nitrogens with one attached hydrogen (secondary N) is 2. The molecule has 8 nitrogen and oxygen atoms in total. The minimum Gasteiger partial charge on any atom is -0.497 e. The first-order chi connectivity index (χ1) is 13.5. The number of amides is 4. The summed E-state index contributed by atoms with van der Waals surface area (Å²) >= 11 is 0. The summed E-state index contributed by atoms with van der Waals surface area (Å²) in [6.07, 6.45) is 0. The molecule has 8 heteroatoms. The second-order valence-corrected chi connectivity index (χ2v) is 6.20. The summed E-state index contributed by atoms with van der Waals surface area (Å²) < 4.78 is 10.4. The first-order valence-corrected chi connectivity index (χ1v) is 8.60. The number of benzene rings is 2. The fourth-order valence-corrected chi connectivity index (χ4v) is 3.18. The summed E-state index contributed by atoms with van der Waals surface area (Å²) in [6.45, 7) is -0.366. The van der Waals surface area contributed by atoms with Gasteiger partial charge >= 0.3 is 6.03 Å². The van der Waals surface area contributed by atoms with Gasteiger partial charge in [-0.3, -0.25) is 14.5 Å². The number of hydrogen-bond acceptors (Lipinski definition) is 5. The van der Waals surface area contributed by atoms with Crippen molar-refractivity contribution >= 4 is 17.8 Å². The average molecular weight is 383 g/mol. The minimum atomic E-state index is -1.45. The number of nitrogens with zero attached hydrogens (tertiary/aromatic N) is 1. The van der Waals surface area contributed by atoms with Crippen LogP contribution in [0.15, 0.2) is 48.5 Å². The molecule has 0 unspecified atom stereocenters. The number of imide groups is 1. The second-order valence-electron chi connectivity index (χ2n) is 6.20. The van der Waals surface area contributed by atoms with Gasteiger partial charge in [-0.25, -0.2) is 4.79 Å². The van der Waals surface area contributed by atoms with Gasteiger partial charge in [-0.2, -0.15) is 0 Å². The van der Waals surface area contributed by atoms with Gasteiger partial charge in [0.2, 0.25) is 5.91 Å². The van der Waals surface area contributed by atoms with Gasteiger partial charge in [-0.15, -0.1) is 0 Å². The van der Waals surface area contributed by atoms with Crippen LogP contribution in [0.1, 0.15) is 11.1 Å². The molecule has 3 rings (SSSR count). The highest BCUT2D eigenvalue weighted by Gasteiger charge is 2.54. The zero-order valence-electron chi connectivity index (χ0n) is 15.8. The monoisotopic (exact) mass is 383 g/mol. The summed E-state index contributed by atoms with van der Waals surface area (Å²) in [7, 11) is 4.53. The summed E-state index contributed by atoms with van der Waals surface area (Å²) in [5.74, 6) is 0.264. The molecule has 0 aliphatic carbocycles. The molecule has 0 saturated carbocycles. The number of carbonyl (C=O) groups is 3. The van der Waals surface area contributed by atoms with Gasteiger partial charge in [-0.05, 0) is 35.4 Å². The SMILES string of the molecule is CNC(=O)CN1C(=O)NC(c2ccc(OC)cc2)(c2ccc(OC)cc2)C1=O. The van der Waals surface area contributed by atoms with Crippen LogP contribution in [0.2, 0.25) is 0 Å². The number of ether oxygens (including phenoxy) is 2. The van der Waals surface area contributed by atoms with Gasteiger partial charge in [0.25, 0.3) is 5.91 Å². The van der Waals surface area contributed by atoms with E-state index < -0.39 is 23.4 Å². The van der Waals surface area contributed by atoms with Gasteiger partial charge < -0.3 is 20.1 Å². The van der Waals surface area contributed by atoms with Crippen molar-refractivity contribution in [3.63, 3.8) is 0 Å². The molecule has 1 aliphatic rings. The van der Waals surface area contributed by atoms with E-state index in [2.05, 4.69) is 10.6 Å². The normalized spacial score (nSPS) is 15.2. The highest BCUT2D eigenvalue weighted by Crippen LogP contribution is 2.37. The number of hydrogen-bond donors (Lipinski definition) is 2. The lowest BCUT2D eigenvalue weighted by molar-refractivity contribution is -0.134. The topological polar surface area (TPSA) is 97.0 Å². The Hall–Kier alpha value is -3.55. The van der Waals surface area contributed by atoms with E-state index in [1.807, 2.05) is 0 Å². The van der Waals surface area contributed by atoms with Crippen LogP contribution in [0.3, 0.4) is 0 Å². The third kappa shape index (κ3) is 3.13. The number of methoxy groups -OCH3 is 2. The lowest BCUT2D eigenvalue weighted by atomic mass is 9.82.